The van der Waals surface area contributed by atoms with Crippen LogP contribution in [0.15, 0.2) is 18.2 Å². The van der Waals surface area contributed by atoms with Crippen molar-refractivity contribution in [2.45, 2.75) is 13.3 Å². The molecular formula is C15H18N2OS. The van der Waals surface area contributed by atoms with Crippen LogP contribution in [-0.2, 0) is 4.79 Å². The molecule has 1 saturated heterocycles. The van der Waals surface area contributed by atoms with Crippen LogP contribution in [0.1, 0.15) is 17.5 Å². The molecule has 1 aromatic carbocycles. The maximum Gasteiger partial charge on any atom is 0.228 e. The number of thioether (sulfide) groups is 1. The van der Waals surface area contributed by atoms with Crippen molar-refractivity contribution in [3.8, 4) is 11.8 Å². The van der Waals surface area contributed by atoms with E-state index in [4.69, 9.17) is 5.73 Å². The van der Waals surface area contributed by atoms with Gasteiger partial charge in [-0.25, -0.2) is 0 Å². The zero-order chi connectivity index (χ0) is 13.7. The van der Waals surface area contributed by atoms with Gasteiger partial charge in [0, 0.05) is 17.2 Å². The van der Waals surface area contributed by atoms with E-state index in [0.29, 0.717) is 6.54 Å². The average Bonchev–Trinajstić information content (AvgIpc) is 2.93. The third-order valence-corrected chi connectivity index (χ3v) is 4.22. The zero-order valence-electron chi connectivity index (χ0n) is 11.0. The largest absolute Gasteiger partial charge is 0.325 e. The van der Waals surface area contributed by atoms with Crippen molar-refractivity contribution in [2.75, 3.05) is 23.4 Å². The first-order valence-electron chi connectivity index (χ1n) is 6.39. The second kappa shape index (κ2) is 6.65. The Labute approximate surface area is 118 Å². The quantitative estimate of drug-likeness (QED) is 0.811. The van der Waals surface area contributed by atoms with Crippen LogP contribution in [0.25, 0.3) is 0 Å². The summed E-state index contributed by atoms with van der Waals surface area (Å²) in [4.78, 5) is 12.1. The number of anilines is 1. The molecule has 100 valence electrons. The summed E-state index contributed by atoms with van der Waals surface area (Å²) in [5, 5.41) is 2.99. The minimum atomic E-state index is 0.102. The highest BCUT2D eigenvalue weighted by Crippen LogP contribution is 2.25. The topological polar surface area (TPSA) is 55.1 Å². The highest BCUT2D eigenvalue weighted by molar-refractivity contribution is 7.99. The number of nitrogens with one attached hydrogen (secondary N) is 1. The van der Waals surface area contributed by atoms with E-state index in [1.54, 1.807) is 0 Å². The normalized spacial score (nSPS) is 17.7. The van der Waals surface area contributed by atoms with Crippen LogP contribution in [0.2, 0.25) is 0 Å². The van der Waals surface area contributed by atoms with Gasteiger partial charge in [0.25, 0.3) is 0 Å². The van der Waals surface area contributed by atoms with Gasteiger partial charge in [-0.15, -0.1) is 0 Å². The minimum Gasteiger partial charge on any atom is -0.325 e. The lowest BCUT2D eigenvalue weighted by atomic mass is 10.1. The van der Waals surface area contributed by atoms with E-state index in [9.17, 15) is 4.79 Å². The molecule has 2 rings (SSSR count). The summed E-state index contributed by atoms with van der Waals surface area (Å²) in [6.07, 6.45) is 0.964. The number of benzene rings is 1. The number of aryl methyl sites for hydroxylation is 1. The molecule has 1 amide bonds. The van der Waals surface area contributed by atoms with Crippen LogP contribution < -0.4 is 11.1 Å². The van der Waals surface area contributed by atoms with Crippen LogP contribution in [0.5, 0.6) is 0 Å². The SMILES string of the molecule is Cc1ccc(NC(=O)C2CCSC2)c(C#CCN)c1. The summed E-state index contributed by atoms with van der Waals surface area (Å²) in [5.74, 6) is 8.07. The van der Waals surface area contributed by atoms with Gasteiger partial charge in [-0.1, -0.05) is 17.9 Å². The molecule has 0 aliphatic carbocycles. The van der Waals surface area contributed by atoms with Crippen molar-refractivity contribution >= 4 is 23.4 Å². The second-order valence-corrected chi connectivity index (χ2v) is 5.75. The number of hydrogen-bond acceptors (Lipinski definition) is 3. The molecule has 0 spiro atoms. The Hall–Kier alpha value is -1.44. The summed E-state index contributed by atoms with van der Waals surface area (Å²) in [6.45, 7) is 2.33. The Morgan fingerprint density at radius 2 is 2.42 bits per heavy atom. The number of carbonyl (C=O) groups excluding carboxylic acids is 1. The summed E-state index contributed by atoms with van der Waals surface area (Å²) in [7, 11) is 0. The highest BCUT2D eigenvalue weighted by Gasteiger charge is 2.23. The molecule has 1 atom stereocenters. The molecule has 4 heteroatoms. The molecule has 19 heavy (non-hydrogen) atoms. The molecular weight excluding hydrogens is 256 g/mol. The standard InChI is InChI=1S/C15H18N2OS/c1-11-4-5-14(12(9-11)3-2-7-16)17-15(18)13-6-8-19-10-13/h4-5,9,13H,6-8,10,16H2,1H3,(H,17,18). The predicted molar refractivity (Wildman–Crippen MR) is 81.2 cm³/mol. The number of hydrogen-bond donors (Lipinski definition) is 2. The molecule has 1 fully saturated rings. The minimum absolute atomic E-state index is 0.102. The first-order valence-corrected chi connectivity index (χ1v) is 7.54. The molecule has 1 aliphatic heterocycles. The van der Waals surface area contributed by atoms with E-state index in [0.717, 1.165) is 34.7 Å². The molecule has 1 heterocycles. The first-order chi connectivity index (χ1) is 9.20. The predicted octanol–water partition coefficient (Wildman–Crippen LogP) is 2.00. The van der Waals surface area contributed by atoms with E-state index in [1.807, 2.05) is 36.9 Å². The lowest BCUT2D eigenvalue weighted by Crippen LogP contribution is -2.22. The van der Waals surface area contributed by atoms with Gasteiger partial charge in [-0.2, -0.15) is 11.8 Å². The van der Waals surface area contributed by atoms with E-state index in [2.05, 4.69) is 17.2 Å². The first kappa shape index (κ1) is 14.0. The van der Waals surface area contributed by atoms with Gasteiger partial charge in [-0.3, -0.25) is 4.79 Å². The number of amides is 1. The summed E-state index contributed by atoms with van der Waals surface area (Å²) < 4.78 is 0. The van der Waals surface area contributed by atoms with Crippen molar-refractivity contribution in [3.05, 3.63) is 29.3 Å². The monoisotopic (exact) mass is 274 g/mol. The second-order valence-electron chi connectivity index (χ2n) is 4.60. The highest BCUT2D eigenvalue weighted by atomic mass is 32.2. The van der Waals surface area contributed by atoms with Crippen molar-refractivity contribution < 1.29 is 4.79 Å². The lowest BCUT2D eigenvalue weighted by Gasteiger charge is -2.12. The van der Waals surface area contributed by atoms with E-state index < -0.39 is 0 Å². The molecule has 3 nitrogen and oxygen atoms in total. The fraction of sp³-hybridized carbons (Fsp3) is 0.400. The molecule has 1 unspecified atom stereocenters. The van der Waals surface area contributed by atoms with Crippen molar-refractivity contribution in [3.63, 3.8) is 0 Å². The Kier molecular flexibility index (Phi) is 4.89. The van der Waals surface area contributed by atoms with Crippen molar-refractivity contribution in [2.24, 2.45) is 11.7 Å². The zero-order valence-corrected chi connectivity index (χ0v) is 11.8. The molecule has 0 aromatic heterocycles. The molecule has 0 bridgehead atoms. The molecule has 3 N–H and O–H groups in total. The summed E-state index contributed by atoms with van der Waals surface area (Å²) >= 11 is 1.84. The van der Waals surface area contributed by atoms with Gasteiger partial charge in [-0.05, 0) is 36.8 Å². The summed E-state index contributed by atoms with van der Waals surface area (Å²) in [6, 6.07) is 5.87. The van der Waals surface area contributed by atoms with E-state index in [-0.39, 0.29) is 11.8 Å². The smallest absolute Gasteiger partial charge is 0.228 e. The number of nitrogens with two attached hydrogens (primary N) is 1. The van der Waals surface area contributed by atoms with Crippen LogP contribution in [0, 0.1) is 24.7 Å². The van der Waals surface area contributed by atoms with Crippen LogP contribution >= 0.6 is 11.8 Å². The van der Waals surface area contributed by atoms with Crippen LogP contribution in [0.3, 0.4) is 0 Å². The Morgan fingerprint density at radius 3 is 3.11 bits per heavy atom. The van der Waals surface area contributed by atoms with Gasteiger partial charge in [0.05, 0.1) is 12.2 Å². The maximum atomic E-state index is 12.1. The van der Waals surface area contributed by atoms with E-state index in [1.165, 1.54) is 0 Å². The number of rotatable bonds is 2. The van der Waals surface area contributed by atoms with Crippen molar-refractivity contribution in [1.82, 2.24) is 0 Å². The van der Waals surface area contributed by atoms with Crippen LogP contribution in [0.4, 0.5) is 5.69 Å². The molecule has 1 aromatic rings. The fourth-order valence-corrected chi connectivity index (χ4v) is 3.21. The van der Waals surface area contributed by atoms with Gasteiger partial charge in [0.1, 0.15) is 0 Å². The summed E-state index contributed by atoms with van der Waals surface area (Å²) in [5.41, 5.74) is 8.15. The fourth-order valence-electron chi connectivity index (χ4n) is 1.99. The van der Waals surface area contributed by atoms with Gasteiger partial charge < -0.3 is 11.1 Å². The van der Waals surface area contributed by atoms with E-state index >= 15 is 0 Å². The maximum absolute atomic E-state index is 12.1. The molecule has 0 saturated carbocycles. The Bertz CT molecular complexity index is 525. The third kappa shape index (κ3) is 3.76. The number of carbonyl (C=O) groups is 1. The average molecular weight is 274 g/mol. The molecule has 0 radical (unpaired) electrons. The lowest BCUT2D eigenvalue weighted by molar-refractivity contribution is -0.119. The Balaban J connectivity index is 2.16. The molecule has 1 aliphatic rings. The van der Waals surface area contributed by atoms with Gasteiger partial charge in [0.15, 0.2) is 0 Å². The van der Waals surface area contributed by atoms with Gasteiger partial charge >= 0.3 is 0 Å². The van der Waals surface area contributed by atoms with Gasteiger partial charge in [0.2, 0.25) is 5.91 Å². The van der Waals surface area contributed by atoms with Crippen molar-refractivity contribution in [1.29, 1.82) is 0 Å². The Morgan fingerprint density at radius 1 is 1.58 bits per heavy atom. The third-order valence-electron chi connectivity index (χ3n) is 3.06. The van der Waals surface area contributed by atoms with Crippen LogP contribution in [-0.4, -0.2) is 24.0 Å².